The van der Waals surface area contributed by atoms with E-state index in [2.05, 4.69) is 15.5 Å². The number of carbonyl (C=O) groups excluding carboxylic acids is 1. The Bertz CT molecular complexity index is 977. The standard InChI is InChI=1S/C21H23ClN4O2S/c1-15-7-5-8-16(13-15)23-19(27)14-29-21-25-24-20(26(21)11-6-12-28-2)17-9-3-4-10-18(17)22/h3-5,7-10,13H,6,11-12,14H2,1-2H3,(H,23,27). The number of halogens is 1. The van der Waals surface area contributed by atoms with Crippen LogP contribution in [0.4, 0.5) is 5.69 Å². The first-order chi connectivity index (χ1) is 14.1. The van der Waals surface area contributed by atoms with Gasteiger partial charge in [0.25, 0.3) is 0 Å². The van der Waals surface area contributed by atoms with E-state index in [1.54, 1.807) is 7.11 Å². The Labute approximate surface area is 179 Å². The molecule has 0 aliphatic carbocycles. The monoisotopic (exact) mass is 430 g/mol. The Morgan fingerprint density at radius 2 is 2.03 bits per heavy atom. The Morgan fingerprint density at radius 3 is 2.79 bits per heavy atom. The smallest absolute Gasteiger partial charge is 0.234 e. The Balaban J connectivity index is 1.74. The van der Waals surface area contributed by atoms with Gasteiger partial charge >= 0.3 is 0 Å². The second kappa shape index (κ2) is 10.4. The summed E-state index contributed by atoms with van der Waals surface area (Å²) in [7, 11) is 1.67. The molecule has 0 fully saturated rings. The van der Waals surface area contributed by atoms with Crippen LogP contribution in [0, 0.1) is 6.92 Å². The Hall–Kier alpha value is -2.35. The number of amides is 1. The molecule has 1 amide bonds. The van der Waals surface area contributed by atoms with E-state index in [0.717, 1.165) is 23.2 Å². The highest BCUT2D eigenvalue weighted by Gasteiger charge is 2.17. The molecule has 0 saturated carbocycles. The van der Waals surface area contributed by atoms with Crippen molar-refractivity contribution in [2.45, 2.75) is 25.0 Å². The number of aryl methyl sites for hydroxylation is 1. The van der Waals surface area contributed by atoms with Crippen LogP contribution in [0.5, 0.6) is 0 Å². The van der Waals surface area contributed by atoms with E-state index in [-0.39, 0.29) is 11.7 Å². The van der Waals surface area contributed by atoms with Gasteiger partial charge in [0, 0.05) is 31.5 Å². The molecule has 0 spiro atoms. The first-order valence-corrected chi connectivity index (χ1v) is 10.6. The number of carbonyl (C=O) groups is 1. The third-order valence-electron chi connectivity index (χ3n) is 4.20. The summed E-state index contributed by atoms with van der Waals surface area (Å²) in [6.07, 6.45) is 0.801. The second-order valence-corrected chi connectivity index (χ2v) is 7.84. The Morgan fingerprint density at radius 1 is 1.21 bits per heavy atom. The van der Waals surface area contributed by atoms with Gasteiger partial charge in [-0.2, -0.15) is 0 Å². The van der Waals surface area contributed by atoms with Gasteiger partial charge in [-0.05, 0) is 43.2 Å². The van der Waals surface area contributed by atoms with Crippen LogP contribution in [0.15, 0.2) is 53.7 Å². The predicted octanol–water partition coefficient (Wildman–Crippen LogP) is 4.67. The third-order valence-corrected chi connectivity index (χ3v) is 5.49. The molecule has 0 radical (unpaired) electrons. The van der Waals surface area contributed by atoms with Crippen LogP contribution in [0.1, 0.15) is 12.0 Å². The van der Waals surface area contributed by atoms with Gasteiger partial charge in [-0.1, -0.05) is 47.6 Å². The molecule has 3 aromatic rings. The fourth-order valence-corrected chi connectivity index (χ4v) is 3.84. The SMILES string of the molecule is COCCCn1c(SCC(=O)Nc2cccc(C)c2)nnc1-c1ccccc1Cl. The zero-order chi connectivity index (χ0) is 20.6. The van der Waals surface area contributed by atoms with E-state index in [9.17, 15) is 4.79 Å². The summed E-state index contributed by atoms with van der Waals surface area (Å²) in [6, 6.07) is 15.2. The predicted molar refractivity (Wildman–Crippen MR) is 117 cm³/mol. The van der Waals surface area contributed by atoms with Crippen molar-refractivity contribution in [2.75, 3.05) is 24.8 Å². The van der Waals surface area contributed by atoms with Gasteiger partial charge < -0.3 is 14.6 Å². The zero-order valence-electron chi connectivity index (χ0n) is 16.4. The topological polar surface area (TPSA) is 69.0 Å². The molecule has 29 heavy (non-hydrogen) atoms. The lowest BCUT2D eigenvalue weighted by Gasteiger charge is -2.11. The lowest BCUT2D eigenvalue weighted by atomic mass is 10.2. The first kappa shape index (κ1) is 21.4. The highest BCUT2D eigenvalue weighted by molar-refractivity contribution is 7.99. The van der Waals surface area contributed by atoms with Crippen molar-refractivity contribution in [3.8, 4) is 11.4 Å². The van der Waals surface area contributed by atoms with Crippen LogP contribution in [0.25, 0.3) is 11.4 Å². The van der Waals surface area contributed by atoms with Crippen molar-refractivity contribution in [3.63, 3.8) is 0 Å². The number of thioether (sulfide) groups is 1. The molecule has 1 heterocycles. The molecule has 6 nitrogen and oxygen atoms in total. The molecule has 0 saturated heterocycles. The van der Waals surface area contributed by atoms with Crippen LogP contribution >= 0.6 is 23.4 Å². The summed E-state index contributed by atoms with van der Waals surface area (Å²) in [5.41, 5.74) is 2.70. The van der Waals surface area contributed by atoms with Crippen LogP contribution in [0.2, 0.25) is 5.02 Å². The van der Waals surface area contributed by atoms with E-state index in [1.807, 2.05) is 60.0 Å². The summed E-state index contributed by atoms with van der Waals surface area (Å²) in [4.78, 5) is 12.4. The average Bonchev–Trinajstić information content (AvgIpc) is 3.09. The van der Waals surface area contributed by atoms with E-state index < -0.39 is 0 Å². The van der Waals surface area contributed by atoms with E-state index >= 15 is 0 Å². The molecule has 1 N–H and O–H groups in total. The normalized spacial score (nSPS) is 10.9. The second-order valence-electron chi connectivity index (χ2n) is 6.49. The fraction of sp³-hybridized carbons (Fsp3) is 0.286. The molecular formula is C21H23ClN4O2S. The van der Waals surface area contributed by atoms with Crippen LogP contribution < -0.4 is 5.32 Å². The van der Waals surface area contributed by atoms with Gasteiger partial charge in [0.2, 0.25) is 5.91 Å². The highest BCUT2D eigenvalue weighted by atomic mass is 35.5. The zero-order valence-corrected chi connectivity index (χ0v) is 18.0. The van der Waals surface area contributed by atoms with Crippen molar-refractivity contribution in [3.05, 3.63) is 59.1 Å². The maximum absolute atomic E-state index is 12.4. The lowest BCUT2D eigenvalue weighted by Crippen LogP contribution is -2.15. The first-order valence-electron chi connectivity index (χ1n) is 9.25. The van der Waals surface area contributed by atoms with Crippen molar-refractivity contribution in [2.24, 2.45) is 0 Å². The summed E-state index contributed by atoms with van der Waals surface area (Å²) in [5, 5.41) is 12.8. The average molecular weight is 431 g/mol. The molecule has 0 aliphatic heterocycles. The summed E-state index contributed by atoms with van der Waals surface area (Å²) >= 11 is 7.71. The Kier molecular flexibility index (Phi) is 7.69. The molecule has 8 heteroatoms. The molecule has 3 rings (SSSR count). The molecule has 0 bridgehead atoms. The number of hydrogen-bond acceptors (Lipinski definition) is 5. The summed E-state index contributed by atoms with van der Waals surface area (Å²) < 4.78 is 7.16. The largest absolute Gasteiger partial charge is 0.385 e. The maximum Gasteiger partial charge on any atom is 0.234 e. The van der Waals surface area contributed by atoms with Crippen molar-refractivity contribution in [1.82, 2.24) is 14.8 Å². The van der Waals surface area contributed by atoms with Gasteiger partial charge in [0.15, 0.2) is 11.0 Å². The molecule has 152 valence electrons. The van der Waals surface area contributed by atoms with Gasteiger partial charge in [0.1, 0.15) is 0 Å². The van der Waals surface area contributed by atoms with Crippen molar-refractivity contribution >= 4 is 35.0 Å². The van der Waals surface area contributed by atoms with Crippen LogP contribution in [0.3, 0.4) is 0 Å². The molecule has 2 aromatic carbocycles. The number of nitrogens with one attached hydrogen (secondary N) is 1. The van der Waals surface area contributed by atoms with Crippen LogP contribution in [-0.4, -0.2) is 40.1 Å². The fourth-order valence-electron chi connectivity index (χ4n) is 2.86. The number of hydrogen-bond donors (Lipinski definition) is 1. The minimum atomic E-state index is -0.0914. The quantitative estimate of drug-likeness (QED) is 0.394. The summed E-state index contributed by atoms with van der Waals surface area (Å²) in [6.45, 7) is 3.28. The van der Waals surface area contributed by atoms with Gasteiger partial charge in [0.05, 0.1) is 10.8 Å². The lowest BCUT2D eigenvalue weighted by molar-refractivity contribution is -0.113. The van der Waals surface area contributed by atoms with E-state index in [4.69, 9.17) is 16.3 Å². The van der Waals surface area contributed by atoms with Crippen molar-refractivity contribution in [1.29, 1.82) is 0 Å². The van der Waals surface area contributed by atoms with Gasteiger partial charge in [-0.15, -0.1) is 10.2 Å². The van der Waals surface area contributed by atoms with Gasteiger partial charge in [-0.25, -0.2) is 0 Å². The minimum absolute atomic E-state index is 0.0914. The van der Waals surface area contributed by atoms with Gasteiger partial charge in [-0.3, -0.25) is 4.79 Å². The highest BCUT2D eigenvalue weighted by Crippen LogP contribution is 2.29. The number of methoxy groups -OCH3 is 1. The van der Waals surface area contributed by atoms with Crippen molar-refractivity contribution < 1.29 is 9.53 Å². The third kappa shape index (κ3) is 5.82. The molecule has 0 atom stereocenters. The summed E-state index contributed by atoms with van der Waals surface area (Å²) in [5.74, 6) is 0.832. The van der Waals surface area contributed by atoms with Crippen LogP contribution in [-0.2, 0) is 16.1 Å². The maximum atomic E-state index is 12.4. The number of rotatable bonds is 9. The molecular weight excluding hydrogens is 408 g/mol. The minimum Gasteiger partial charge on any atom is -0.385 e. The molecule has 0 unspecified atom stereocenters. The molecule has 1 aromatic heterocycles. The number of nitrogens with zero attached hydrogens (tertiary/aromatic N) is 3. The van der Waals surface area contributed by atoms with E-state index in [0.29, 0.717) is 29.2 Å². The number of ether oxygens (including phenoxy) is 1. The number of benzene rings is 2. The number of anilines is 1. The van der Waals surface area contributed by atoms with E-state index in [1.165, 1.54) is 11.8 Å². The molecule has 0 aliphatic rings. The number of aromatic nitrogens is 3.